The third kappa shape index (κ3) is 6.07. The predicted molar refractivity (Wildman–Crippen MR) is 139 cm³/mol. The molecule has 0 radical (unpaired) electrons. The van der Waals surface area contributed by atoms with Crippen LogP contribution < -0.4 is 20.7 Å². The van der Waals surface area contributed by atoms with E-state index in [9.17, 15) is 23.1 Å². The van der Waals surface area contributed by atoms with E-state index in [4.69, 9.17) is 9.47 Å². The Hall–Kier alpha value is -2.45. The molecule has 9 nitrogen and oxygen atoms in total. The van der Waals surface area contributed by atoms with Gasteiger partial charge in [-0.25, -0.2) is 14.7 Å². The maximum Gasteiger partial charge on any atom is 0.419 e. The summed E-state index contributed by atoms with van der Waals surface area (Å²) in [6.07, 6.45) is 1.59. The highest BCUT2D eigenvalue weighted by atomic mass is 32.1. The zero-order valence-corrected chi connectivity index (χ0v) is 22.9. The summed E-state index contributed by atoms with van der Waals surface area (Å²) in [5.41, 5.74) is -1.94. The number of hydrogen-bond acceptors (Lipinski definition) is 8. The lowest BCUT2D eigenvalue weighted by Crippen LogP contribution is -2.70. The summed E-state index contributed by atoms with van der Waals surface area (Å²) in [6.45, 7) is 2.25. The van der Waals surface area contributed by atoms with Gasteiger partial charge in [0.05, 0.1) is 23.7 Å². The summed E-state index contributed by atoms with van der Waals surface area (Å²) in [5.74, 6) is -1.74. The first kappa shape index (κ1) is 30.1. The Balaban J connectivity index is 1.86. The van der Waals surface area contributed by atoms with Crippen molar-refractivity contribution in [1.29, 1.82) is 0 Å². The van der Waals surface area contributed by atoms with Crippen molar-refractivity contribution in [3.63, 3.8) is 0 Å². The molecule has 1 atom stereocenters. The van der Waals surface area contributed by atoms with Crippen molar-refractivity contribution in [2.75, 3.05) is 34.4 Å². The molecule has 0 bridgehead atoms. The highest BCUT2D eigenvalue weighted by molar-refractivity contribution is 7.15. The van der Waals surface area contributed by atoms with E-state index < -0.39 is 29.5 Å². The standard InChI is InChI=1S/C25H36F3N5O4S/c1-5-6-7-8-9-10-13-36-19-12-11-17(14-18(19)24(26,27)28)20-15-32-21(38-20)23(29-2)16-37-25(30-3,31-4)33(23)22(34)35/h11-12,14-15,29-31H,5-10,13,16H2,1-4H3,(H,34,35)/t23-/m1/s1. The lowest BCUT2D eigenvalue weighted by Gasteiger charge is -2.40. The van der Waals surface area contributed by atoms with Gasteiger partial charge in [0.25, 0.3) is 5.97 Å². The molecule has 1 aromatic carbocycles. The largest absolute Gasteiger partial charge is 0.493 e. The number of carboxylic acid groups (broad SMARTS) is 1. The summed E-state index contributed by atoms with van der Waals surface area (Å²) < 4.78 is 53.1. The second-order valence-corrected chi connectivity index (χ2v) is 10.0. The van der Waals surface area contributed by atoms with E-state index >= 15 is 0 Å². The molecule has 1 amide bonds. The topological polar surface area (TPSA) is 108 Å². The van der Waals surface area contributed by atoms with Crippen LogP contribution in [0.4, 0.5) is 18.0 Å². The number of hydrogen-bond donors (Lipinski definition) is 4. The van der Waals surface area contributed by atoms with Crippen LogP contribution in [-0.4, -0.2) is 61.4 Å². The average Bonchev–Trinajstić information content (AvgIpc) is 3.52. The van der Waals surface area contributed by atoms with Crippen molar-refractivity contribution in [2.24, 2.45) is 0 Å². The highest BCUT2D eigenvalue weighted by Crippen LogP contribution is 2.43. The van der Waals surface area contributed by atoms with Gasteiger partial charge in [-0.05, 0) is 51.3 Å². The molecular formula is C25H36F3N5O4S. The van der Waals surface area contributed by atoms with Gasteiger partial charge >= 0.3 is 12.3 Å². The fraction of sp³-hybridized carbons (Fsp3) is 0.600. The van der Waals surface area contributed by atoms with E-state index in [0.717, 1.165) is 54.4 Å². The lowest BCUT2D eigenvalue weighted by molar-refractivity contribution is -0.138. The Morgan fingerprint density at radius 3 is 2.45 bits per heavy atom. The number of nitrogens with zero attached hydrogens (tertiary/aromatic N) is 2. The second kappa shape index (κ2) is 12.6. The summed E-state index contributed by atoms with van der Waals surface area (Å²) in [5, 5.41) is 19.0. The molecule has 2 heterocycles. The van der Waals surface area contributed by atoms with Crippen LogP contribution in [0.5, 0.6) is 5.75 Å². The van der Waals surface area contributed by atoms with Crippen molar-refractivity contribution < 1.29 is 32.5 Å². The molecular weight excluding hydrogens is 523 g/mol. The lowest BCUT2D eigenvalue weighted by atomic mass is 10.1. The Labute approximate surface area is 224 Å². The zero-order valence-electron chi connectivity index (χ0n) is 22.1. The van der Waals surface area contributed by atoms with Crippen LogP contribution in [0, 0.1) is 0 Å². The molecule has 1 aliphatic heterocycles. The Morgan fingerprint density at radius 2 is 1.84 bits per heavy atom. The van der Waals surface area contributed by atoms with Crippen LogP contribution >= 0.6 is 11.3 Å². The van der Waals surface area contributed by atoms with Gasteiger partial charge in [-0.3, -0.25) is 16.0 Å². The van der Waals surface area contributed by atoms with E-state index in [2.05, 4.69) is 27.9 Å². The SMILES string of the molecule is CCCCCCCCOc1ccc(-c2cnc([C@@]3(NC)COC(NC)(NC)N3C(=O)O)s2)cc1C(F)(F)F. The fourth-order valence-corrected chi connectivity index (χ4v) is 5.62. The molecule has 1 saturated heterocycles. The molecule has 3 rings (SSSR count). The zero-order chi connectivity index (χ0) is 28.0. The number of thiazole rings is 1. The van der Waals surface area contributed by atoms with Gasteiger partial charge in [0.2, 0.25) is 0 Å². The molecule has 0 aliphatic carbocycles. The van der Waals surface area contributed by atoms with Crippen LogP contribution in [0.2, 0.25) is 0 Å². The molecule has 1 aromatic heterocycles. The van der Waals surface area contributed by atoms with Crippen LogP contribution in [0.15, 0.2) is 24.4 Å². The molecule has 212 valence electrons. The Kier molecular flexibility index (Phi) is 9.98. The monoisotopic (exact) mass is 559 g/mol. The number of rotatable bonds is 13. The van der Waals surface area contributed by atoms with Gasteiger partial charge in [0.15, 0.2) is 5.66 Å². The van der Waals surface area contributed by atoms with E-state index in [1.165, 1.54) is 12.3 Å². The number of alkyl halides is 3. The number of unbranched alkanes of at least 4 members (excludes halogenated alkanes) is 5. The van der Waals surface area contributed by atoms with Crippen LogP contribution in [0.3, 0.4) is 0 Å². The third-order valence-electron chi connectivity index (χ3n) is 6.65. The van der Waals surface area contributed by atoms with Crippen LogP contribution in [-0.2, 0) is 16.6 Å². The molecule has 1 fully saturated rings. The Morgan fingerprint density at radius 1 is 1.16 bits per heavy atom. The number of carbonyl (C=O) groups is 1. The van der Waals surface area contributed by atoms with Gasteiger partial charge in [-0.15, -0.1) is 11.3 Å². The van der Waals surface area contributed by atoms with Gasteiger partial charge < -0.3 is 14.6 Å². The van der Waals surface area contributed by atoms with E-state index in [-0.39, 0.29) is 19.0 Å². The molecule has 0 spiro atoms. The van der Waals surface area contributed by atoms with Crippen molar-refractivity contribution in [2.45, 2.75) is 63.3 Å². The summed E-state index contributed by atoms with van der Waals surface area (Å²) >= 11 is 1.08. The smallest absolute Gasteiger partial charge is 0.419 e. The summed E-state index contributed by atoms with van der Waals surface area (Å²) in [7, 11) is 4.65. The molecule has 0 unspecified atom stereocenters. The number of ether oxygens (including phenoxy) is 2. The van der Waals surface area contributed by atoms with Crippen molar-refractivity contribution in [3.8, 4) is 16.2 Å². The second-order valence-electron chi connectivity index (χ2n) is 9.02. The molecule has 0 saturated carbocycles. The van der Waals surface area contributed by atoms with Gasteiger partial charge in [0.1, 0.15) is 10.8 Å². The molecule has 4 N–H and O–H groups in total. The number of amides is 1. The first-order valence-corrected chi connectivity index (χ1v) is 13.4. The molecule has 2 aromatic rings. The summed E-state index contributed by atoms with van der Waals surface area (Å²) in [4.78, 5) is 18.2. The van der Waals surface area contributed by atoms with Gasteiger partial charge in [-0.1, -0.05) is 39.0 Å². The van der Waals surface area contributed by atoms with Gasteiger partial charge in [-0.2, -0.15) is 13.2 Å². The van der Waals surface area contributed by atoms with Crippen molar-refractivity contribution in [1.82, 2.24) is 25.8 Å². The number of aromatic nitrogens is 1. The Bertz CT molecular complexity index is 1080. The molecule has 1 aliphatic rings. The highest BCUT2D eigenvalue weighted by Gasteiger charge is 2.60. The number of benzene rings is 1. The number of likely N-dealkylation sites (N-methyl/N-ethyl adjacent to an activating group) is 1. The maximum atomic E-state index is 13.9. The average molecular weight is 560 g/mol. The minimum Gasteiger partial charge on any atom is -0.493 e. The van der Waals surface area contributed by atoms with E-state index in [1.807, 2.05) is 0 Å². The van der Waals surface area contributed by atoms with Crippen molar-refractivity contribution >= 4 is 17.4 Å². The fourth-order valence-electron chi connectivity index (χ4n) is 4.54. The van der Waals surface area contributed by atoms with Crippen molar-refractivity contribution in [3.05, 3.63) is 35.0 Å². The normalized spacial score (nSPS) is 19.2. The minimum atomic E-state index is -4.61. The van der Waals surface area contributed by atoms with Crippen LogP contribution in [0.1, 0.15) is 56.0 Å². The van der Waals surface area contributed by atoms with Gasteiger partial charge in [0, 0.05) is 6.20 Å². The van der Waals surface area contributed by atoms with E-state index in [0.29, 0.717) is 21.9 Å². The first-order valence-electron chi connectivity index (χ1n) is 12.6. The van der Waals surface area contributed by atoms with Crippen LogP contribution in [0.25, 0.3) is 10.4 Å². The third-order valence-corrected chi connectivity index (χ3v) is 7.85. The number of nitrogens with one attached hydrogen (secondary N) is 3. The first-order chi connectivity index (χ1) is 18.1. The van der Waals surface area contributed by atoms with E-state index in [1.54, 1.807) is 27.2 Å². The molecule has 38 heavy (non-hydrogen) atoms. The quantitative estimate of drug-likeness (QED) is 0.201. The number of halogens is 3. The molecule has 13 heteroatoms. The minimum absolute atomic E-state index is 0.0938. The predicted octanol–water partition coefficient (Wildman–Crippen LogP) is 5.00. The maximum absolute atomic E-state index is 13.9. The summed E-state index contributed by atoms with van der Waals surface area (Å²) in [6, 6.07) is 3.93.